The van der Waals surface area contributed by atoms with Gasteiger partial charge in [-0.25, -0.2) is 4.79 Å². The molecule has 2 aliphatic rings. The Labute approximate surface area is 179 Å². The molecular weight excluding hydrogens is 376 g/mol. The summed E-state index contributed by atoms with van der Waals surface area (Å²) in [5.74, 6) is 0.975. The van der Waals surface area contributed by atoms with Crippen LogP contribution in [-0.4, -0.2) is 47.2 Å². The zero-order valence-electron chi connectivity index (χ0n) is 18.3. The standard InChI is InChI=1S/C25H32N2O3/c1-25(2,3)30-24(28)27-15-13-22-20(17-27)10-7-11-23(22)29-21-12-14-26(18-21)16-19-8-5-4-6-9-19/h4-11,21H,12-18H2,1-3H3. The topological polar surface area (TPSA) is 42.0 Å². The second kappa shape index (κ2) is 8.68. The molecule has 2 aromatic carbocycles. The number of benzene rings is 2. The number of carbonyl (C=O) groups excluding carboxylic acids is 1. The number of carbonyl (C=O) groups is 1. The van der Waals surface area contributed by atoms with Gasteiger partial charge in [0.1, 0.15) is 17.5 Å². The largest absolute Gasteiger partial charge is 0.489 e. The lowest BCUT2D eigenvalue weighted by atomic mass is 9.99. The Kier molecular flexibility index (Phi) is 6.00. The predicted molar refractivity (Wildman–Crippen MR) is 118 cm³/mol. The van der Waals surface area contributed by atoms with Crippen LogP contribution in [0.4, 0.5) is 4.79 Å². The molecule has 0 saturated carbocycles. The van der Waals surface area contributed by atoms with Crippen LogP contribution in [0.15, 0.2) is 48.5 Å². The van der Waals surface area contributed by atoms with E-state index in [1.165, 1.54) is 11.1 Å². The summed E-state index contributed by atoms with van der Waals surface area (Å²) >= 11 is 0. The fraction of sp³-hybridized carbons (Fsp3) is 0.480. The van der Waals surface area contributed by atoms with Gasteiger partial charge in [0.2, 0.25) is 0 Å². The fourth-order valence-electron chi connectivity index (χ4n) is 4.23. The summed E-state index contributed by atoms with van der Waals surface area (Å²) in [6.07, 6.45) is 1.81. The first kappa shape index (κ1) is 20.7. The van der Waals surface area contributed by atoms with Crippen molar-refractivity contribution in [2.24, 2.45) is 0 Å². The third-order valence-electron chi connectivity index (χ3n) is 5.65. The van der Waals surface area contributed by atoms with Crippen LogP contribution in [0.2, 0.25) is 0 Å². The van der Waals surface area contributed by atoms with Crippen molar-refractivity contribution in [1.82, 2.24) is 9.80 Å². The number of hydrogen-bond acceptors (Lipinski definition) is 4. The normalized spacial score (nSPS) is 19.4. The Morgan fingerprint density at radius 1 is 1.07 bits per heavy atom. The molecule has 2 aliphatic heterocycles. The number of fused-ring (bicyclic) bond motifs is 1. The van der Waals surface area contributed by atoms with E-state index in [9.17, 15) is 4.79 Å². The highest BCUT2D eigenvalue weighted by Gasteiger charge is 2.29. The molecule has 2 heterocycles. The van der Waals surface area contributed by atoms with E-state index in [-0.39, 0.29) is 12.2 Å². The molecule has 0 bridgehead atoms. The summed E-state index contributed by atoms with van der Waals surface area (Å²) in [5.41, 5.74) is 3.26. The van der Waals surface area contributed by atoms with E-state index in [1.807, 2.05) is 26.8 Å². The lowest BCUT2D eigenvalue weighted by Crippen LogP contribution is -2.40. The molecule has 5 nitrogen and oxygen atoms in total. The first-order chi connectivity index (χ1) is 14.4. The highest BCUT2D eigenvalue weighted by atomic mass is 16.6. The Morgan fingerprint density at radius 3 is 2.63 bits per heavy atom. The summed E-state index contributed by atoms with van der Waals surface area (Å²) in [6, 6.07) is 16.8. The third-order valence-corrected chi connectivity index (χ3v) is 5.65. The zero-order chi connectivity index (χ0) is 21.1. The minimum atomic E-state index is -0.476. The van der Waals surface area contributed by atoms with Gasteiger partial charge in [-0.3, -0.25) is 4.90 Å². The van der Waals surface area contributed by atoms with E-state index in [1.54, 1.807) is 4.90 Å². The molecule has 0 N–H and O–H groups in total. The Morgan fingerprint density at radius 2 is 1.87 bits per heavy atom. The quantitative estimate of drug-likeness (QED) is 0.740. The van der Waals surface area contributed by atoms with Crippen molar-refractivity contribution in [3.63, 3.8) is 0 Å². The van der Waals surface area contributed by atoms with E-state index in [0.29, 0.717) is 13.1 Å². The minimum absolute atomic E-state index is 0.212. The summed E-state index contributed by atoms with van der Waals surface area (Å²) in [6.45, 7) is 9.91. The molecule has 1 fully saturated rings. The van der Waals surface area contributed by atoms with Crippen molar-refractivity contribution in [3.05, 3.63) is 65.2 Å². The molecule has 5 heteroatoms. The summed E-state index contributed by atoms with van der Waals surface area (Å²) in [4.78, 5) is 16.7. The lowest BCUT2D eigenvalue weighted by Gasteiger charge is -2.32. The van der Waals surface area contributed by atoms with Gasteiger partial charge in [0.25, 0.3) is 0 Å². The van der Waals surface area contributed by atoms with Crippen molar-refractivity contribution in [1.29, 1.82) is 0 Å². The van der Waals surface area contributed by atoms with Gasteiger partial charge in [0.15, 0.2) is 0 Å². The van der Waals surface area contributed by atoms with Crippen LogP contribution in [0.3, 0.4) is 0 Å². The predicted octanol–water partition coefficient (Wildman–Crippen LogP) is 4.63. The maximum Gasteiger partial charge on any atom is 0.410 e. The van der Waals surface area contributed by atoms with Crippen LogP contribution in [-0.2, 0) is 24.2 Å². The lowest BCUT2D eigenvalue weighted by molar-refractivity contribution is 0.0222. The van der Waals surface area contributed by atoms with E-state index >= 15 is 0 Å². The van der Waals surface area contributed by atoms with Crippen molar-refractivity contribution < 1.29 is 14.3 Å². The molecule has 1 amide bonds. The van der Waals surface area contributed by atoms with Crippen molar-refractivity contribution in [2.75, 3.05) is 19.6 Å². The van der Waals surface area contributed by atoms with Gasteiger partial charge in [-0.15, -0.1) is 0 Å². The van der Waals surface area contributed by atoms with Gasteiger partial charge in [0.05, 0.1) is 0 Å². The van der Waals surface area contributed by atoms with Gasteiger partial charge >= 0.3 is 6.09 Å². The minimum Gasteiger partial charge on any atom is -0.489 e. The van der Waals surface area contributed by atoms with Gasteiger partial charge in [-0.2, -0.15) is 0 Å². The average Bonchev–Trinajstić information content (AvgIpc) is 3.14. The van der Waals surface area contributed by atoms with Gasteiger partial charge in [-0.1, -0.05) is 42.5 Å². The van der Waals surface area contributed by atoms with Crippen LogP contribution in [0.1, 0.15) is 43.9 Å². The average molecular weight is 409 g/mol. The third kappa shape index (κ3) is 5.14. The first-order valence-electron chi connectivity index (χ1n) is 10.9. The molecule has 2 aromatic rings. The van der Waals surface area contributed by atoms with E-state index in [4.69, 9.17) is 9.47 Å². The molecule has 4 rings (SSSR count). The zero-order valence-corrected chi connectivity index (χ0v) is 18.3. The maximum absolute atomic E-state index is 12.4. The van der Waals surface area contributed by atoms with E-state index in [2.05, 4.69) is 47.4 Å². The molecule has 30 heavy (non-hydrogen) atoms. The molecule has 1 unspecified atom stereocenters. The van der Waals surface area contributed by atoms with Crippen LogP contribution < -0.4 is 4.74 Å². The highest BCUT2D eigenvalue weighted by molar-refractivity contribution is 5.69. The van der Waals surface area contributed by atoms with Crippen LogP contribution in [0.5, 0.6) is 5.75 Å². The molecule has 160 valence electrons. The Bertz CT molecular complexity index is 876. The highest BCUT2D eigenvalue weighted by Crippen LogP contribution is 2.31. The summed E-state index contributed by atoms with van der Waals surface area (Å²) in [7, 11) is 0. The second-order valence-electron chi connectivity index (χ2n) is 9.29. The number of hydrogen-bond donors (Lipinski definition) is 0. The SMILES string of the molecule is CC(C)(C)OC(=O)N1CCc2c(cccc2OC2CCN(Cc3ccccc3)C2)C1. The van der Waals surface area contributed by atoms with Gasteiger partial charge in [0, 0.05) is 38.3 Å². The van der Waals surface area contributed by atoms with Crippen molar-refractivity contribution in [3.8, 4) is 5.75 Å². The van der Waals surface area contributed by atoms with Crippen molar-refractivity contribution in [2.45, 2.75) is 58.4 Å². The van der Waals surface area contributed by atoms with E-state index < -0.39 is 5.60 Å². The molecule has 0 aromatic heterocycles. The van der Waals surface area contributed by atoms with Gasteiger partial charge in [-0.05, 0) is 50.8 Å². The number of likely N-dealkylation sites (tertiary alicyclic amines) is 1. The summed E-state index contributed by atoms with van der Waals surface area (Å²) < 4.78 is 12.0. The Hall–Kier alpha value is -2.53. The smallest absolute Gasteiger partial charge is 0.410 e. The van der Waals surface area contributed by atoms with Crippen molar-refractivity contribution >= 4 is 6.09 Å². The summed E-state index contributed by atoms with van der Waals surface area (Å²) in [5, 5.41) is 0. The van der Waals surface area contributed by atoms with Gasteiger partial charge < -0.3 is 14.4 Å². The number of rotatable bonds is 4. The molecule has 1 atom stereocenters. The number of nitrogens with zero attached hydrogens (tertiary/aromatic N) is 2. The molecule has 1 saturated heterocycles. The number of amides is 1. The van der Waals surface area contributed by atoms with Crippen LogP contribution in [0, 0.1) is 0 Å². The van der Waals surface area contributed by atoms with Crippen LogP contribution in [0.25, 0.3) is 0 Å². The monoisotopic (exact) mass is 408 g/mol. The first-order valence-corrected chi connectivity index (χ1v) is 10.9. The molecule has 0 spiro atoms. The number of ether oxygens (including phenoxy) is 2. The second-order valence-corrected chi connectivity index (χ2v) is 9.29. The van der Waals surface area contributed by atoms with Crippen LogP contribution >= 0.6 is 0 Å². The molecule has 0 radical (unpaired) electrons. The fourth-order valence-corrected chi connectivity index (χ4v) is 4.23. The molecular formula is C25H32N2O3. The van der Waals surface area contributed by atoms with E-state index in [0.717, 1.165) is 43.8 Å². The maximum atomic E-state index is 12.4. The molecule has 0 aliphatic carbocycles. The Balaban J connectivity index is 1.37.